The molecule has 14 heavy (non-hydrogen) atoms. The predicted octanol–water partition coefficient (Wildman–Crippen LogP) is 4.20. The van der Waals surface area contributed by atoms with Crippen LogP contribution in [0.15, 0.2) is 24.3 Å². The Bertz CT molecular complexity index is 233. The van der Waals surface area contributed by atoms with E-state index < -0.39 is 0 Å². The lowest BCUT2D eigenvalue weighted by Gasteiger charge is -2.01. The second-order valence-electron chi connectivity index (χ2n) is 3.83. The van der Waals surface area contributed by atoms with E-state index >= 15 is 0 Å². The Labute approximate surface area is 88.4 Å². The van der Waals surface area contributed by atoms with Gasteiger partial charge in [0.15, 0.2) is 0 Å². The Morgan fingerprint density at radius 3 is 2.14 bits per heavy atom. The highest BCUT2D eigenvalue weighted by molar-refractivity contribution is 5.24. The highest BCUT2D eigenvalue weighted by Crippen LogP contribution is 2.09. The number of rotatable bonds is 6. The van der Waals surface area contributed by atoms with Crippen LogP contribution < -0.4 is 0 Å². The molecule has 0 aliphatic carbocycles. The quantitative estimate of drug-likeness (QED) is 0.587. The van der Waals surface area contributed by atoms with Gasteiger partial charge in [0.25, 0.3) is 0 Å². The molecule has 1 aromatic rings. The molecule has 2 radical (unpaired) electrons. The zero-order valence-corrected chi connectivity index (χ0v) is 8.97. The molecule has 0 unspecified atom stereocenters. The van der Waals surface area contributed by atoms with E-state index in [4.69, 9.17) is 0 Å². The minimum atomic E-state index is 1.08. The first kappa shape index (κ1) is 11.3. The summed E-state index contributed by atoms with van der Waals surface area (Å²) in [6.07, 6.45) is 7.53. The fraction of sp³-hybridized carbons (Fsp3) is 0.429. The van der Waals surface area contributed by atoms with E-state index in [-0.39, 0.29) is 0 Å². The first-order chi connectivity index (χ1) is 6.83. The van der Waals surface area contributed by atoms with Crippen LogP contribution in [0.25, 0.3) is 0 Å². The van der Waals surface area contributed by atoms with E-state index in [0.717, 1.165) is 12.0 Å². The summed E-state index contributed by atoms with van der Waals surface area (Å²) >= 11 is 0. The normalized spacial score (nSPS) is 10.4. The van der Waals surface area contributed by atoms with Crippen molar-refractivity contribution in [3.05, 3.63) is 49.2 Å². The predicted molar refractivity (Wildman–Crippen MR) is 63.0 cm³/mol. The molecule has 0 heteroatoms. The van der Waals surface area contributed by atoms with E-state index in [0.29, 0.717) is 0 Å². The molecule has 0 amide bonds. The van der Waals surface area contributed by atoms with Crippen molar-refractivity contribution in [2.45, 2.75) is 38.5 Å². The number of aryl methyl sites for hydroxylation is 1. The van der Waals surface area contributed by atoms with Crippen molar-refractivity contribution >= 4 is 0 Å². The van der Waals surface area contributed by atoms with Gasteiger partial charge in [-0.05, 0) is 30.9 Å². The van der Waals surface area contributed by atoms with E-state index in [9.17, 15) is 0 Å². The Morgan fingerprint density at radius 1 is 0.857 bits per heavy atom. The summed E-state index contributed by atoms with van der Waals surface area (Å²) in [6.45, 7) is 7.72. The third-order valence-corrected chi connectivity index (χ3v) is 2.49. The van der Waals surface area contributed by atoms with E-state index in [1.54, 1.807) is 0 Å². The van der Waals surface area contributed by atoms with Crippen molar-refractivity contribution in [1.29, 1.82) is 0 Å². The third kappa shape index (κ3) is 4.45. The van der Waals surface area contributed by atoms with Gasteiger partial charge in [0.05, 0.1) is 0 Å². The van der Waals surface area contributed by atoms with Gasteiger partial charge in [-0.3, -0.25) is 0 Å². The second kappa shape index (κ2) is 6.64. The van der Waals surface area contributed by atoms with E-state index in [1.807, 2.05) is 0 Å². The largest absolute Gasteiger partial charge is 0.0588 e. The van der Waals surface area contributed by atoms with Crippen LogP contribution >= 0.6 is 0 Å². The molecule has 1 aromatic carbocycles. The van der Waals surface area contributed by atoms with Crippen LogP contribution in [-0.2, 0) is 6.42 Å². The topological polar surface area (TPSA) is 0 Å². The molecule has 0 saturated carbocycles. The molecular weight excluding hydrogens is 168 g/mol. The van der Waals surface area contributed by atoms with Gasteiger partial charge in [0.2, 0.25) is 0 Å². The summed E-state index contributed by atoms with van der Waals surface area (Å²) in [4.78, 5) is 0. The molecule has 0 fully saturated rings. The number of unbranched alkanes of at least 4 members (excludes halogenated alkanes) is 4. The highest BCUT2D eigenvalue weighted by Gasteiger charge is 1.93. The Morgan fingerprint density at radius 2 is 1.50 bits per heavy atom. The standard InChI is InChI=1S/C14H20/c1-3-4-5-6-7-8-14-11-9-13(2)10-12-14/h9-12H,1-8H2. The van der Waals surface area contributed by atoms with Crippen LogP contribution in [-0.4, -0.2) is 0 Å². The van der Waals surface area contributed by atoms with Gasteiger partial charge >= 0.3 is 0 Å². The van der Waals surface area contributed by atoms with Crippen LogP contribution in [0.4, 0.5) is 0 Å². The molecule has 0 spiro atoms. The molecule has 0 N–H and O–H groups in total. The van der Waals surface area contributed by atoms with E-state index in [2.05, 4.69) is 38.1 Å². The number of benzene rings is 1. The fourth-order valence-corrected chi connectivity index (χ4v) is 1.57. The number of hydrogen-bond acceptors (Lipinski definition) is 0. The second-order valence-corrected chi connectivity index (χ2v) is 3.83. The van der Waals surface area contributed by atoms with Gasteiger partial charge in [-0.25, -0.2) is 0 Å². The minimum Gasteiger partial charge on any atom is -0.0588 e. The monoisotopic (exact) mass is 188 g/mol. The van der Waals surface area contributed by atoms with E-state index in [1.165, 1.54) is 37.7 Å². The molecule has 0 atom stereocenters. The van der Waals surface area contributed by atoms with Crippen LogP contribution in [0.3, 0.4) is 0 Å². The molecular formula is C14H20. The smallest absolute Gasteiger partial charge is 0.0238 e. The summed E-state index contributed by atoms with van der Waals surface area (Å²) in [5.41, 5.74) is 2.54. The van der Waals surface area contributed by atoms with Crippen LogP contribution in [0.5, 0.6) is 0 Å². The average Bonchev–Trinajstić information content (AvgIpc) is 2.21. The van der Waals surface area contributed by atoms with Crippen molar-refractivity contribution in [1.82, 2.24) is 0 Å². The van der Waals surface area contributed by atoms with Gasteiger partial charge in [0, 0.05) is 0 Å². The Kier molecular flexibility index (Phi) is 5.36. The molecule has 0 heterocycles. The first-order valence-corrected chi connectivity index (χ1v) is 5.53. The summed E-state index contributed by atoms with van der Waals surface area (Å²) in [5, 5.41) is 0. The highest BCUT2D eigenvalue weighted by atomic mass is 14.0. The van der Waals surface area contributed by atoms with Crippen molar-refractivity contribution in [2.75, 3.05) is 0 Å². The average molecular weight is 188 g/mol. The molecule has 0 nitrogen and oxygen atoms in total. The Balaban J connectivity index is 2.15. The molecule has 0 bridgehead atoms. The van der Waals surface area contributed by atoms with Gasteiger partial charge in [-0.15, -0.1) is 0 Å². The Hall–Kier alpha value is -0.780. The number of hydrogen-bond donors (Lipinski definition) is 0. The van der Waals surface area contributed by atoms with Crippen LogP contribution in [0.1, 0.15) is 43.2 Å². The lowest BCUT2D eigenvalue weighted by Crippen LogP contribution is -1.86. The van der Waals surface area contributed by atoms with Crippen molar-refractivity contribution in [3.8, 4) is 0 Å². The maximum absolute atomic E-state index is 3.88. The van der Waals surface area contributed by atoms with Crippen LogP contribution in [0.2, 0.25) is 0 Å². The first-order valence-electron chi connectivity index (χ1n) is 5.53. The van der Waals surface area contributed by atoms with Crippen molar-refractivity contribution in [2.24, 2.45) is 0 Å². The fourth-order valence-electron chi connectivity index (χ4n) is 1.57. The summed E-state index contributed by atoms with van der Waals surface area (Å²) < 4.78 is 0. The minimum absolute atomic E-state index is 1.08. The molecule has 76 valence electrons. The SMILES string of the molecule is [CH2]CCCCCCc1ccc([CH2])cc1. The van der Waals surface area contributed by atoms with Gasteiger partial charge < -0.3 is 0 Å². The molecule has 0 saturated heterocycles. The van der Waals surface area contributed by atoms with Gasteiger partial charge in [-0.2, -0.15) is 0 Å². The van der Waals surface area contributed by atoms with Crippen molar-refractivity contribution in [3.63, 3.8) is 0 Å². The summed E-state index contributed by atoms with van der Waals surface area (Å²) in [5.74, 6) is 0. The summed E-state index contributed by atoms with van der Waals surface area (Å²) in [6, 6.07) is 8.55. The van der Waals surface area contributed by atoms with Crippen LogP contribution in [0, 0.1) is 13.8 Å². The lowest BCUT2D eigenvalue weighted by atomic mass is 10.0. The zero-order valence-electron chi connectivity index (χ0n) is 8.97. The third-order valence-electron chi connectivity index (χ3n) is 2.49. The van der Waals surface area contributed by atoms with Gasteiger partial charge in [-0.1, -0.05) is 56.9 Å². The maximum Gasteiger partial charge on any atom is -0.0238 e. The maximum atomic E-state index is 3.88. The lowest BCUT2D eigenvalue weighted by molar-refractivity contribution is 0.645. The van der Waals surface area contributed by atoms with Crippen molar-refractivity contribution < 1.29 is 0 Å². The molecule has 1 rings (SSSR count). The molecule has 0 aliphatic heterocycles. The summed E-state index contributed by atoms with van der Waals surface area (Å²) in [7, 11) is 0. The zero-order chi connectivity index (χ0) is 10.2. The molecule has 0 aliphatic rings. The molecule has 0 aromatic heterocycles. The van der Waals surface area contributed by atoms with Gasteiger partial charge in [0.1, 0.15) is 0 Å².